The van der Waals surface area contributed by atoms with Gasteiger partial charge in [-0.2, -0.15) is 5.10 Å². The van der Waals surface area contributed by atoms with Crippen LogP contribution in [0.3, 0.4) is 0 Å². The van der Waals surface area contributed by atoms with Crippen molar-refractivity contribution in [3.05, 3.63) is 33.5 Å². The van der Waals surface area contributed by atoms with E-state index < -0.39 is 0 Å². The van der Waals surface area contributed by atoms with Gasteiger partial charge in [0.2, 0.25) is 0 Å². The number of carbonyl (C=O) groups is 1. The molecule has 0 amide bonds. The highest BCUT2D eigenvalue weighted by molar-refractivity contribution is 7.80. The summed E-state index contributed by atoms with van der Waals surface area (Å²) in [5.74, 6) is -0.332. The molecular formula is C18H26N4O2S2. The molecule has 0 aromatic carbocycles. The number of thiocarbonyl (C=S) groups is 1. The highest BCUT2D eigenvalue weighted by atomic mass is 32.1. The molecule has 0 unspecified atom stereocenters. The first-order chi connectivity index (χ1) is 12.4. The van der Waals surface area contributed by atoms with E-state index in [0.717, 1.165) is 52.8 Å². The molecule has 2 heterocycles. The van der Waals surface area contributed by atoms with E-state index in [-0.39, 0.29) is 5.97 Å². The number of aryl methyl sites for hydroxylation is 4. The Hall–Kier alpha value is -1.93. The number of anilines is 1. The molecular weight excluding hydrogens is 368 g/mol. The van der Waals surface area contributed by atoms with Gasteiger partial charge in [-0.25, -0.2) is 4.79 Å². The number of hydrogen-bond acceptors (Lipinski definition) is 5. The van der Waals surface area contributed by atoms with Gasteiger partial charge >= 0.3 is 5.97 Å². The minimum Gasteiger partial charge on any atom is -0.465 e. The molecule has 0 fully saturated rings. The van der Waals surface area contributed by atoms with E-state index >= 15 is 0 Å². The van der Waals surface area contributed by atoms with Gasteiger partial charge in [-0.3, -0.25) is 4.68 Å². The Morgan fingerprint density at radius 3 is 2.69 bits per heavy atom. The van der Waals surface area contributed by atoms with Crippen molar-refractivity contribution in [3.63, 3.8) is 0 Å². The first-order valence-electron chi connectivity index (χ1n) is 8.63. The Kier molecular flexibility index (Phi) is 7.16. The molecule has 0 aliphatic heterocycles. The summed E-state index contributed by atoms with van der Waals surface area (Å²) in [7, 11) is 1.40. The maximum absolute atomic E-state index is 12.1. The number of nitrogens with one attached hydrogen (secondary N) is 2. The summed E-state index contributed by atoms with van der Waals surface area (Å²) < 4.78 is 6.93. The molecule has 2 aromatic heterocycles. The first-order valence-corrected chi connectivity index (χ1v) is 9.86. The smallest absolute Gasteiger partial charge is 0.341 e. The van der Waals surface area contributed by atoms with Gasteiger partial charge in [0.1, 0.15) is 5.00 Å². The largest absolute Gasteiger partial charge is 0.465 e. The Bertz CT molecular complexity index is 795. The molecule has 0 saturated carbocycles. The highest BCUT2D eigenvalue weighted by Gasteiger charge is 2.22. The van der Waals surface area contributed by atoms with Crippen LogP contribution in [0, 0.1) is 20.8 Å². The third kappa shape index (κ3) is 4.82. The van der Waals surface area contributed by atoms with Crippen LogP contribution in [0.1, 0.15) is 45.5 Å². The lowest BCUT2D eigenvalue weighted by Gasteiger charge is -2.11. The lowest BCUT2D eigenvalue weighted by atomic mass is 10.1. The van der Waals surface area contributed by atoms with Gasteiger partial charge in [0, 0.05) is 23.7 Å². The van der Waals surface area contributed by atoms with Crippen LogP contribution in [-0.2, 0) is 17.7 Å². The standard InChI is InChI=1S/C18H26N4O2S2/c1-6-14-13(4)26-16(15(14)17(23)24-5)20-18(25)19-8-7-9-22-12(3)10-11(2)21-22/h10H,6-9H2,1-5H3,(H2,19,20,25). The van der Waals surface area contributed by atoms with Crippen molar-refractivity contribution >= 4 is 39.6 Å². The molecule has 0 spiro atoms. The second kappa shape index (κ2) is 9.14. The molecule has 26 heavy (non-hydrogen) atoms. The quantitative estimate of drug-likeness (QED) is 0.425. The average Bonchev–Trinajstić information content (AvgIpc) is 3.08. The number of aromatic nitrogens is 2. The van der Waals surface area contributed by atoms with Crippen LogP contribution in [0.5, 0.6) is 0 Å². The number of methoxy groups -OCH3 is 1. The maximum atomic E-state index is 12.1. The van der Waals surface area contributed by atoms with Gasteiger partial charge < -0.3 is 15.4 Å². The van der Waals surface area contributed by atoms with Crippen LogP contribution < -0.4 is 10.6 Å². The number of ether oxygens (including phenoxy) is 1. The van der Waals surface area contributed by atoms with Crippen LogP contribution in [-0.4, -0.2) is 34.5 Å². The van der Waals surface area contributed by atoms with Crippen molar-refractivity contribution in [3.8, 4) is 0 Å². The van der Waals surface area contributed by atoms with E-state index in [1.165, 1.54) is 18.4 Å². The molecule has 0 bridgehead atoms. The van der Waals surface area contributed by atoms with Gasteiger partial charge in [-0.05, 0) is 57.5 Å². The summed E-state index contributed by atoms with van der Waals surface area (Å²) in [6.45, 7) is 9.64. The minimum atomic E-state index is -0.332. The van der Waals surface area contributed by atoms with Crippen molar-refractivity contribution in [1.29, 1.82) is 0 Å². The maximum Gasteiger partial charge on any atom is 0.341 e. The number of nitrogens with zero attached hydrogens (tertiary/aromatic N) is 2. The molecule has 0 aliphatic carbocycles. The molecule has 0 atom stereocenters. The summed E-state index contributed by atoms with van der Waals surface area (Å²) in [4.78, 5) is 13.2. The van der Waals surface area contributed by atoms with Gasteiger partial charge in [-0.1, -0.05) is 6.92 Å². The zero-order valence-corrected chi connectivity index (χ0v) is 17.6. The topological polar surface area (TPSA) is 68.2 Å². The third-order valence-electron chi connectivity index (χ3n) is 4.11. The molecule has 8 heteroatoms. The molecule has 2 N–H and O–H groups in total. The van der Waals surface area contributed by atoms with Crippen LogP contribution in [0.25, 0.3) is 0 Å². The van der Waals surface area contributed by atoms with Gasteiger partial charge in [0.25, 0.3) is 0 Å². The van der Waals surface area contributed by atoms with Crippen molar-refractivity contribution in [1.82, 2.24) is 15.1 Å². The summed E-state index contributed by atoms with van der Waals surface area (Å²) in [5, 5.41) is 12.0. The van der Waals surface area contributed by atoms with E-state index in [2.05, 4.69) is 28.7 Å². The Balaban J connectivity index is 1.91. The lowest BCUT2D eigenvalue weighted by molar-refractivity contribution is 0.0601. The fourth-order valence-electron chi connectivity index (χ4n) is 2.89. The van der Waals surface area contributed by atoms with Crippen LogP contribution in [0.2, 0.25) is 0 Å². The van der Waals surface area contributed by atoms with Crippen LogP contribution in [0.15, 0.2) is 6.07 Å². The number of hydrogen-bond donors (Lipinski definition) is 2. The molecule has 2 rings (SSSR count). The second-order valence-electron chi connectivity index (χ2n) is 6.07. The van der Waals surface area contributed by atoms with E-state index in [1.807, 2.05) is 25.5 Å². The van der Waals surface area contributed by atoms with E-state index in [9.17, 15) is 4.79 Å². The second-order valence-corrected chi connectivity index (χ2v) is 7.70. The first kappa shape index (κ1) is 20.4. The number of esters is 1. The van der Waals surface area contributed by atoms with Gasteiger partial charge in [0.15, 0.2) is 5.11 Å². The minimum absolute atomic E-state index is 0.332. The van der Waals surface area contributed by atoms with E-state index in [0.29, 0.717) is 10.7 Å². The van der Waals surface area contributed by atoms with Crippen molar-refractivity contribution in [2.45, 2.75) is 47.1 Å². The fraction of sp³-hybridized carbons (Fsp3) is 0.500. The average molecular weight is 395 g/mol. The zero-order valence-electron chi connectivity index (χ0n) is 15.9. The summed E-state index contributed by atoms with van der Waals surface area (Å²) in [6, 6.07) is 2.07. The molecule has 0 aliphatic rings. The lowest BCUT2D eigenvalue weighted by Crippen LogP contribution is -2.30. The monoisotopic (exact) mass is 394 g/mol. The number of carbonyl (C=O) groups excluding carboxylic acids is 1. The van der Waals surface area contributed by atoms with Gasteiger partial charge in [0.05, 0.1) is 18.4 Å². The van der Waals surface area contributed by atoms with E-state index in [1.54, 1.807) is 0 Å². The van der Waals surface area contributed by atoms with E-state index in [4.69, 9.17) is 17.0 Å². The summed E-state index contributed by atoms with van der Waals surface area (Å²) in [6.07, 6.45) is 1.68. The summed E-state index contributed by atoms with van der Waals surface area (Å²) in [5.41, 5.74) is 3.79. The predicted molar refractivity (Wildman–Crippen MR) is 110 cm³/mol. The fourth-order valence-corrected chi connectivity index (χ4v) is 4.30. The normalized spacial score (nSPS) is 10.7. The summed E-state index contributed by atoms with van der Waals surface area (Å²) >= 11 is 6.90. The Morgan fingerprint density at radius 2 is 2.12 bits per heavy atom. The Morgan fingerprint density at radius 1 is 1.38 bits per heavy atom. The van der Waals surface area contributed by atoms with Crippen molar-refractivity contribution < 1.29 is 9.53 Å². The molecule has 142 valence electrons. The SMILES string of the molecule is CCc1c(C)sc(NC(=S)NCCCn2nc(C)cc2C)c1C(=O)OC. The Labute approximate surface area is 163 Å². The van der Waals surface area contributed by atoms with Crippen molar-refractivity contribution in [2.24, 2.45) is 0 Å². The molecule has 2 aromatic rings. The molecule has 6 nitrogen and oxygen atoms in total. The van der Waals surface area contributed by atoms with Crippen LogP contribution in [0.4, 0.5) is 5.00 Å². The predicted octanol–water partition coefficient (Wildman–Crippen LogP) is 3.60. The molecule has 0 saturated heterocycles. The van der Waals surface area contributed by atoms with Crippen LogP contribution >= 0.6 is 23.6 Å². The third-order valence-corrected chi connectivity index (χ3v) is 5.42. The van der Waals surface area contributed by atoms with Gasteiger partial charge in [-0.15, -0.1) is 11.3 Å². The van der Waals surface area contributed by atoms with Crippen molar-refractivity contribution in [2.75, 3.05) is 19.0 Å². The highest BCUT2D eigenvalue weighted by Crippen LogP contribution is 2.33. The zero-order chi connectivity index (χ0) is 19.3. The number of rotatable bonds is 7. The number of thiophene rings is 1. The molecule has 0 radical (unpaired) electrons.